The van der Waals surface area contributed by atoms with Gasteiger partial charge in [-0.1, -0.05) is 12.1 Å². The van der Waals surface area contributed by atoms with Gasteiger partial charge in [0.1, 0.15) is 0 Å². The van der Waals surface area contributed by atoms with Crippen LogP contribution in [0.5, 0.6) is 0 Å². The number of hydrogen-bond acceptors (Lipinski definition) is 3. The second-order valence-electron chi connectivity index (χ2n) is 4.91. The fourth-order valence-corrected chi connectivity index (χ4v) is 2.82. The molecular formula is C16H18N2O2S. The lowest BCUT2D eigenvalue weighted by atomic mass is 10.1. The van der Waals surface area contributed by atoms with Gasteiger partial charge in [-0.3, -0.25) is 4.79 Å². The van der Waals surface area contributed by atoms with Crippen LogP contribution in [0.25, 0.3) is 0 Å². The summed E-state index contributed by atoms with van der Waals surface area (Å²) in [5.41, 5.74) is 1.18. The van der Waals surface area contributed by atoms with Crippen LogP contribution in [0.4, 0.5) is 10.5 Å². The van der Waals surface area contributed by atoms with Gasteiger partial charge in [-0.25, -0.2) is 4.79 Å². The summed E-state index contributed by atoms with van der Waals surface area (Å²) in [5.74, 6) is -0.0264. The van der Waals surface area contributed by atoms with Gasteiger partial charge < -0.3 is 10.6 Å². The summed E-state index contributed by atoms with van der Waals surface area (Å²) in [6, 6.07) is 10.6. The minimum atomic E-state index is -0.283. The van der Waals surface area contributed by atoms with Crippen molar-refractivity contribution in [3.63, 3.8) is 0 Å². The second-order valence-corrected chi connectivity index (χ2v) is 6.23. The summed E-state index contributed by atoms with van der Waals surface area (Å²) in [4.78, 5) is 25.6. The Bertz CT molecular complexity index is 664. The van der Waals surface area contributed by atoms with Crippen LogP contribution in [0.3, 0.4) is 0 Å². The van der Waals surface area contributed by atoms with Crippen LogP contribution < -0.4 is 10.6 Å². The van der Waals surface area contributed by atoms with Gasteiger partial charge in [-0.2, -0.15) is 0 Å². The van der Waals surface area contributed by atoms with E-state index in [1.54, 1.807) is 35.6 Å². The lowest BCUT2D eigenvalue weighted by Crippen LogP contribution is -2.30. The van der Waals surface area contributed by atoms with Crippen molar-refractivity contribution in [1.82, 2.24) is 5.32 Å². The number of aryl methyl sites for hydroxylation is 1. The average molecular weight is 302 g/mol. The number of anilines is 1. The van der Waals surface area contributed by atoms with E-state index in [1.165, 1.54) is 11.8 Å². The smallest absolute Gasteiger partial charge is 0.319 e. The van der Waals surface area contributed by atoms with Crippen LogP contribution in [0, 0.1) is 6.92 Å². The third-order valence-corrected chi connectivity index (χ3v) is 4.25. The number of ketones is 1. The van der Waals surface area contributed by atoms with E-state index in [9.17, 15) is 9.59 Å². The molecule has 0 saturated heterocycles. The fourth-order valence-electron chi connectivity index (χ4n) is 1.94. The molecule has 2 aromatic rings. The Morgan fingerprint density at radius 3 is 2.57 bits per heavy atom. The Balaban J connectivity index is 1.98. The first-order valence-corrected chi connectivity index (χ1v) is 7.52. The van der Waals surface area contributed by atoms with Crippen molar-refractivity contribution in [2.24, 2.45) is 0 Å². The number of urea groups is 1. The maximum Gasteiger partial charge on any atom is 0.319 e. The van der Waals surface area contributed by atoms with Crippen LogP contribution in [-0.4, -0.2) is 11.8 Å². The molecular weight excluding hydrogens is 284 g/mol. The number of benzene rings is 1. The normalized spacial score (nSPS) is 11.8. The number of nitrogens with one attached hydrogen (secondary N) is 2. The third kappa shape index (κ3) is 4.16. The van der Waals surface area contributed by atoms with E-state index in [1.807, 2.05) is 26.0 Å². The third-order valence-electron chi connectivity index (χ3n) is 3.06. The first-order chi connectivity index (χ1) is 9.95. The highest BCUT2D eigenvalue weighted by Crippen LogP contribution is 2.22. The molecule has 0 radical (unpaired) electrons. The molecule has 0 saturated carbocycles. The molecule has 2 amide bonds. The molecule has 0 spiro atoms. The summed E-state index contributed by atoms with van der Waals surface area (Å²) in [7, 11) is 0. The molecule has 1 heterocycles. The van der Waals surface area contributed by atoms with Gasteiger partial charge in [0, 0.05) is 21.0 Å². The number of carbonyl (C=O) groups excluding carboxylic acids is 2. The van der Waals surface area contributed by atoms with Crippen molar-refractivity contribution in [1.29, 1.82) is 0 Å². The number of Topliss-reactive ketones (excluding diaryl/α,β-unsaturated/α-hetero) is 1. The zero-order valence-corrected chi connectivity index (χ0v) is 13.1. The Labute approximate surface area is 128 Å². The predicted molar refractivity (Wildman–Crippen MR) is 86.1 cm³/mol. The zero-order valence-electron chi connectivity index (χ0n) is 12.3. The summed E-state index contributed by atoms with van der Waals surface area (Å²) in [6.07, 6.45) is 0. The van der Waals surface area contributed by atoms with Crippen molar-refractivity contribution >= 4 is 28.8 Å². The molecule has 0 aliphatic carbocycles. The molecule has 1 aromatic carbocycles. The largest absolute Gasteiger partial charge is 0.331 e. The van der Waals surface area contributed by atoms with Crippen LogP contribution in [0.1, 0.15) is 40.0 Å². The van der Waals surface area contributed by atoms with Crippen LogP contribution in [-0.2, 0) is 0 Å². The fraction of sp³-hybridized carbons (Fsp3) is 0.250. The first kappa shape index (κ1) is 15.3. The molecule has 21 heavy (non-hydrogen) atoms. The summed E-state index contributed by atoms with van der Waals surface area (Å²) < 4.78 is 0. The van der Waals surface area contributed by atoms with Crippen molar-refractivity contribution in [2.45, 2.75) is 26.8 Å². The average Bonchev–Trinajstić information content (AvgIpc) is 2.85. The van der Waals surface area contributed by atoms with Crippen molar-refractivity contribution in [2.75, 3.05) is 5.32 Å². The second kappa shape index (κ2) is 6.54. The molecule has 5 heteroatoms. The number of carbonyl (C=O) groups is 2. The Morgan fingerprint density at radius 2 is 1.95 bits per heavy atom. The quantitative estimate of drug-likeness (QED) is 0.834. The molecule has 2 rings (SSSR count). The maximum absolute atomic E-state index is 12.0. The number of amides is 2. The number of rotatable bonds is 4. The van der Waals surface area contributed by atoms with E-state index in [-0.39, 0.29) is 17.9 Å². The van der Waals surface area contributed by atoms with Crippen molar-refractivity contribution in [3.8, 4) is 0 Å². The molecule has 1 atom stereocenters. The van der Waals surface area contributed by atoms with Crippen LogP contribution >= 0.6 is 11.3 Å². The van der Waals surface area contributed by atoms with E-state index in [2.05, 4.69) is 10.6 Å². The van der Waals surface area contributed by atoms with Gasteiger partial charge >= 0.3 is 6.03 Å². The molecule has 0 aliphatic heterocycles. The highest BCUT2D eigenvalue weighted by Gasteiger charge is 2.11. The molecule has 0 bridgehead atoms. The van der Waals surface area contributed by atoms with E-state index >= 15 is 0 Å². The standard InChI is InChI=1S/C16H18N2O2S/c1-10-7-8-15(21-10)11(2)17-16(20)18-14-6-4-5-13(9-14)12(3)19/h4-9,11H,1-3H3,(H2,17,18,20). The number of hydrogen-bond donors (Lipinski definition) is 2. The van der Waals surface area contributed by atoms with Crippen molar-refractivity contribution in [3.05, 3.63) is 51.7 Å². The molecule has 2 N–H and O–H groups in total. The van der Waals surface area contributed by atoms with E-state index in [0.717, 1.165) is 4.88 Å². The molecule has 110 valence electrons. The monoisotopic (exact) mass is 302 g/mol. The minimum Gasteiger partial charge on any atom is -0.331 e. The molecule has 0 aliphatic rings. The Hall–Kier alpha value is -2.14. The van der Waals surface area contributed by atoms with E-state index < -0.39 is 0 Å². The molecule has 4 nitrogen and oxygen atoms in total. The summed E-state index contributed by atoms with van der Waals surface area (Å²) in [5, 5.41) is 5.63. The predicted octanol–water partition coefficient (Wildman–Crippen LogP) is 4.14. The Kier molecular flexibility index (Phi) is 4.75. The van der Waals surface area contributed by atoms with Gasteiger partial charge in [-0.15, -0.1) is 11.3 Å². The number of thiophene rings is 1. The molecule has 1 aromatic heterocycles. The zero-order chi connectivity index (χ0) is 15.4. The van der Waals surface area contributed by atoms with Gasteiger partial charge in [0.15, 0.2) is 5.78 Å². The summed E-state index contributed by atoms with van der Waals surface area (Å²) >= 11 is 1.66. The van der Waals surface area contributed by atoms with Gasteiger partial charge in [0.25, 0.3) is 0 Å². The molecule has 0 fully saturated rings. The summed E-state index contributed by atoms with van der Waals surface area (Å²) in [6.45, 7) is 5.48. The van der Waals surface area contributed by atoms with Crippen LogP contribution in [0.15, 0.2) is 36.4 Å². The van der Waals surface area contributed by atoms with Crippen LogP contribution in [0.2, 0.25) is 0 Å². The van der Waals surface area contributed by atoms with Gasteiger partial charge in [0.05, 0.1) is 6.04 Å². The van der Waals surface area contributed by atoms with E-state index in [4.69, 9.17) is 0 Å². The SMILES string of the molecule is CC(=O)c1cccc(NC(=O)NC(C)c2ccc(C)s2)c1. The van der Waals surface area contributed by atoms with E-state index in [0.29, 0.717) is 11.3 Å². The Morgan fingerprint density at radius 1 is 1.19 bits per heavy atom. The lowest BCUT2D eigenvalue weighted by molar-refractivity contribution is 0.101. The molecule has 1 unspecified atom stereocenters. The maximum atomic E-state index is 12.0. The first-order valence-electron chi connectivity index (χ1n) is 6.70. The highest BCUT2D eigenvalue weighted by molar-refractivity contribution is 7.12. The van der Waals surface area contributed by atoms with Gasteiger partial charge in [-0.05, 0) is 45.0 Å². The minimum absolute atomic E-state index is 0.0264. The van der Waals surface area contributed by atoms with Gasteiger partial charge in [0.2, 0.25) is 0 Å². The topological polar surface area (TPSA) is 58.2 Å². The highest BCUT2D eigenvalue weighted by atomic mass is 32.1. The lowest BCUT2D eigenvalue weighted by Gasteiger charge is -2.13. The van der Waals surface area contributed by atoms with Crippen molar-refractivity contribution < 1.29 is 9.59 Å².